The average Bonchev–Trinajstić information content (AvgIpc) is 2.82. The maximum absolute atomic E-state index is 6.34. The molecule has 0 fully saturated rings. The summed E-state index contributed by atoms with van der Waals surface area (Å²) >= 11 is 1.91. The van der Waals surface area contributed by atoms with Gasteiger partial charge in [0.1, 0.15) is 0 Å². The summed E-state index contributed by atoms with van der Waals surface area (Å²) in [5.41, 5.74) is 9.10. The number of benzene rings is 1. The number of hydrogen-bond donors (Lipinski definition) is 1. The highest BCUT2D eigenvalue weighted by Crippen LogP contribution is 2.34. The zero-order chi connectivity index (χ0) is 11.7. The first-order valence-electron chi connectivity index (χ1n) is 6.26. The quantitative estimate of drug-likeness (QED) is 0.855. The smallest absolute Gasteiger partial charge is 0.0646 e. The molecule has 0 saturated carbocycles. The van der Waals surface area contributed by atoms with Crippen LogP contribution < -0.4 is 5.73 Å². The molecule has 1 aliphatic rings. The first-order chi connectivity index (χ1) is 8.34. The highest BCUT2D eigenvalue weighted by molar-refractivity contribution is 7.12. The predicted octanol–water partition coefficient (Wildman–Crippen LogP) is 3.68. The third-order valence-electron chi connectivity index (χ3n) is 3.48. The Morgan fingerprint density at radius 2 is 1.82 bits per heavy atom. The van der Waals surface area contributed by atoms with Crippen LogP contribution in [0.1, 0.15) is 39.8 Å². The topological polar surface area (TPSA) is 26.0 Å². The van der Waals surface area contributed by atoms with E-state index in [0.717, 1.165) is 0 Å². The van der Waals surface area contributed by atoms with Gasteiger partial charge in [-0.1, -0.05) is 30.3 Å². The van der Waals surface area contributed by atoms with Crippen LogP contribution in [0, 0.1) is 0 Å². The largest absolute Gasteiger partial charge is 0.320 e. The van der Waals surface area contributed by atoms with Crippen LogP contribution in [-0.4, -0.2) is 0 Å². The third-order valence-corrected chi connectivity index (χ3v) is 4.80. The van der Waals surface area contributed by atoms with Crippen molar-refractivity contribution in [1.29, 1.82) is 0 Å². The Labute approximate surface area is 106 Å². The van der Waals surface area contributed by atoms with Gasteiger partial charge in [0.05, 0.1) is 6.04 Å². The van der Waals surface area contributed by atoms with Gasteiger partial charge in [-0.2, -0.15) is 0 Å². The molecule has 0 spiro atoms. The molecule has 0 bridgehead atoms. The van der Waals surface area contributed by atoms with E-state index in [1.165, 1.54) is 36.1 Å². The Balaban J connectivity index is 1.91. The molecule has 1 aromatic heterocycles. The van der Waals surface area contributed by atoms with Crippen LogP contribution in [0.15, 0.2) is 36.4 Å². The fourth-order valence-electron chi connectivity index (χ4n) is 2.49. The number of thiophene rings is 1. The third kappa shape index (κ3) is 2.15. The van der Waals surface area contributed by atoms with E-state index in [1.54, 1.807) is 10.4 Å². The van der Waals surface area contributed by atoms with Gasteiger partial charge in [-0.05, 0) is 42.9 Å². The van der Waals surface area contributed by atoms with Crippen LogP contribution in [0.5, 0.6) is 0 Å². The highest BCUT2D eigenvalue weighted by Gasteiger charge is 2.17. The van der Waals surface area contributed by atoms with Gasteiger partial charge in [0.15, 0.2) is 0 Å². The molecule has 1 atom stereocenters. The molecule has 17 heavy (non-hydrogen) atoms. The van der Waals surface area contributed by atoms with Gasteiger partial charge >= 0.3 is 0 Å². The molecule has 2 heteroatoms. The minimum absolute atomic E-state index is 0.0480. The normalized spacial score (nSPS) is 16.5. The Hall–Kier alpha value is -1.12. The Morgan fingerprint density at radius 3 is 2.59 bits per heavy atom. The summed E-state index contributed by atoms with van der Waals surface area (Å²) in [5, 5.41) is 0. The molecule has 1 unspecified atom stereocenters. The van der Waals surface area contributed by atoms with E-state index in [9.17, 15) is 0 Å². The van der Waals surface area contributed by atoms with Gasteiger partial charge < -0.3 is 5.73 Å². The summed E-state index contributed by atoms with van der Waals surface area (Å²) in [6.07, 6.45) is 5.17. The fourth-order valence-corrected chi connectivity index (χ4v) is 3.78. The molecular weight excluding hydrogens is 226 g/mol. The number of fused-ring (bicyclic) bond motifs is 1. The lowest BCUT2D eigenvalue weighted by molar-refractivity contribution is 0.696. The van der Waals surface area contributed by atoms with E-state index in [0.29, 0.717) is 0 Å². The van der Waals surface area contributed by atoms with Crippen LogP contribution in [-0.2, 0) is 12.8 Å². The van der Waals surface area contributed by atoms with Crippen molar-refractivity contribution in [3.05, 3.63) is 57.3 Å². The molecule has 1 aromatic carbocycles. The summed E-state index contributed by atoms with van der Waals surface area (Å²) in [6, 6.07) is 12.8. The average molecular weight is 243 g/mol. The molecule has 0 saturated heterocycles. The molecule has 2 N–H and O–H groups in total. The lowest BCUT2D eigenvalue weighted by atomic mass is 9.98. The van der Waals surface area contributed by atoms with Crippen molar-refractivity contribution in [3.63, 3.8) is 0 Å². The Kier molecular flexibility index (Phi) is 3.00. The van der Waals surface area contributed by atoms with Crippen LogP contribution in [0.25, 0.3) is 0 Å². The summed E-state index contributed by atoms with van der Waals surface area (Å²) in [7, 11) is 0. The van der Waals surface area contributed by atoms with Crippen LogP contribution in [0.3, 0.4) is 0 Å². The zero-order valence-corrected chi connectivity index (χ0v) is 10.7. The number of rotatable bonds is 2. The molecule has 1 heterocycles. The predicted molar refractivity (Wildman–Crippen MR) is 73.4 cm³/mol. The number of nitrogens with two attached hydrogens (primary N) is 1. The molecule has 88 valence electrons. The second-order valence-electron chi connectivity index (χ2n) is 4.69. The van der Waals surface area contributed by atoms with Crippen molar-refractivity contribution >= 4 is 11.3 Å². The molecular formula is C15H17NS. The van der Waals surface area contributed by atoms with Crippen LogP contribution in [0.4, 0.5) is 0 Å². The summed E-state index contributed by atoms with van der Waals surface area (Å²) in [6.45, 7) is 0. The Bertz CT molecular complexity index is 477. The number of aryl methyl sites for hydroxylation is 2. The maximum atomic E-state index is 6.34. The molecule has 1 aliphatic carbocycles. The van der Waals surface area contributed by atoms with Crippen molar-refractivity contribution in [2.45, 2.75) is 31.7 Å². The Morgan fingerprint density at radius 1 is 1.06 bits per heavy atom. The van der Waals surface area contributed by atoms with E-state index in [2.05, 4.69) is 30.3 Å². The van der Waals surface area contributed by atoms with Crippen molar-refractivity contribution in [3.8, 4) is 0 Å². The van der Waals surface area contributed by atoms with Gasteiger partial charge in [0.25, 0.3) is 0 Å². The van der Waals surface area contributed by atoms with Gasteiger partial charge in [0, 0.05) is 9.75 Å². The molecule has 0 radical (unpaired) electrons. The molecule has 1 nitrogen and oxygen atoms in total. The standard InChI is InChI=1S/C15H17NS/c16-15(11-6-2-1-3-7-11)14-10-12-8-4-5-9-13(12)17-14/h1-3,6-7,10,15H,4-5,8-9,16H2. The van der Waals surface area contributed by atoms with Gasteiger partial charge in [-0.25, -0.2) is 0 Å². The second-order valence-corrected chi connectivity index (χ2v) is 5.86. The van der Waals surface area contributed by atoms with Gasteiger partial charge in [-0.3, -0.25) is 0 Å². The zero-order valence-electron chi connectivity index (χ0n) is 9.86. The molecule has 3 rings (SSSR count). The van der Waals surface area contributed by atoms with E-state index < -0.39 is 0 Å². The minimum Gasteiger partial charge on any atom is -0.320 e. The van der Waals surface area contributed by atoms with Crippen molar-refractivity contribution in [1.82, 2.24) is 0 Å². The fraction of sp³-hybridized carbons (Fsp3) is 0.333. The summed E-state index contributed by atoms with van der Waals surface area (Å²) < 4.78 is 0. The lowest BCUT2D eigenvalue weighted by Gasteiger charge is -2.09. The molecule has 0 amide bonds. The van der Waals surface area contributed by atoms with E-state index in [-0.39, 0.29) is 6.04 Å². The van der Waals surface area contributed by atoms with Gasteiger partial charge in [0.2, 0.25) is 0 Å². The highest BCUT2D eigenvalue weighted by atomic mass is 32.1. The minimum atomic E-state index is 0.0480. The van der Waals surface area contributed by atoms with E-state index in [1.807, 2.05) is 17.4 Å². The molecule has 2 aromatic rings. The first-order valence-corrected chi connectivity index (χ1v) is 7.08. The van der Waals surface area contributed by atoms with Crippen molar-refractivity contribution in [2.75, 3.05) is 0 Å². The lowest BCUT2D eigenvalue weighted by Crippen LogP contribution is -2.09. The van der Waals surface area contributed by atoms with E-state index >= 15 is 0 Å². The second kappa shape index (κ2) is 4.63. The maximum Gasteiger partial charge on any atom is 0.0646 e. The summed E-state index contributed by atoms with van der Waals surface area (Å²) in [5.74, 6) is 0. The number of hydrogen-bond acceptors (Lipinski definition) is 2. The van der Waals surface area contributed by atoms with Crippen LogP contribution >= 0.6 is 11.3 Å². The van der Waals surface area contributed by atoms with E-state index in [4.69, 9.17) is 5.73 Å². The first kappa shape index (κ1) is 11.0. The van der Waals surface area contributed by atoms with Crippen molar-refractivity contribution < 1.29 is 0 Å². The van der Waals surface area contributed by atoms with Crippen molar-refractivity contribution in [2.24, 2.45) is 5.73 Å². The SMILES string of the molecule is NC(c1ccccc1)c1cc2c(s1)CCCC2. The summed E-state index contributed by atoms with van der Waals surface area (Å²) in [4.78, 5) is 2.89. The molecule has 0 aliphatic heterocycles. The monoisotopic (exact) mass is 243 g/mol. The van der Waals surface area contributed by atoms with Gasteiger partial charge in [-0.15, -0.1) is 11.3 Å². The van der Waals surface area contributed by atoms with Crippen LogP contribution in [0.2, 0.25) is 0 Å².